The second kappa shape index (κ2) is 7.64. The van der Waals surface area contributed by atoms with Crippen molar-refractivity contribution in [3.05, 3.63) is 29.3 Å². The molecule has 26 heavy (non-hydrogen) atoms. The predicted molar refractivity (Wildman–Crippen MR) is 101 cm³/mol. The second-order valence-corrected chi connectivity index (χ2v) is 9.47. The van der Waals surface area contributed by atoms with Gasteiger partial charge in [0.25, 0.3) is 0 Å². The van der Waals surface area contributed by atoms with Crippen LogP contribution in [0.15, 0.2) is 18.2 Å². The fourth-order valence-electron chi connectivity index (χ4n) is 3.69. The van der Waals surface area contributed by atoms with Crippen LogP contribution in [0.25, 0.3) is 0 Å². The smallest absolute Gasteiger partial charge is 0.238 e. The van der Waals surface area contributed by atoms with Crippen molar-refractivity contribution in [2.24, 2.45) is 0 Å². The normalized spacial score (nSPS) is 26.7. The summed E-state index contributed by atoms with van der Waals surface area (Å²) < 4.78 is 23.4. The molecule has 2 aliphatic heterocycles. The van der Waals surface area contributed by atoms with E-state index >= 15 is 0 Å². The number of sulfone groups is 1. The number of aliphatic hydroxyl groups is 1. The fraction of sp³-hybridized carbons (Fsp3) is 0.611. The van der Waals surface area contributed by atoms with Crippen LogP contribution in [-0.4, -0.2) is 85.6 Å². The summed E-state index contributed by atoms with van der Waals surface area (Å²) in [4.78, 5) is 16.4. The highest BCUT2D eigenvalue weighted by molar-refractivity contribution is 7.91. The van der Waals surface area contributed by atoms with E-state index in [-0.39, 0.29) is 23.5 Å². The summed E-state index contributed by atoms with van der Waals surface area (Å²) >= 11 is 0. The largest absolute Gasteiger partial charge is 0.390 e. The molecule has 2 fully saturated rings. The van der Waals surface area contributed by atoms with E-state index in [1.54, 1.807) is 0 Å². The summed E-state index contributed by atoms with van der Waals surface area (Å²) in [6.07, 6.45) is -0.806. The first-order valence-corrected chi connectivity index (χ1v) is 10.8. The van der Waals surface area contributed by atoms with Crippen LogP contribution in [0.1, 0.15) is 11.1 Å². The highest BCUT2D eigenvalue weighted by Crippen LogP contribution is 2.20. The van der Waals surface area contributed by atoms with E-state index in [0.29, 0.717) is 32.7 Å². The summed E-state index contributed by atoms with van der Waals surface area (Å²) in [5.74, 6) is -0.159. The highest BCUT2D eigenvalue weighted by atomic mass is 32.2. The van der Waals surface area contributed by atoms with E-state index in [1.807, 2.05) is 36.9 Å². The number of benzene rings is 1. The maximum absolute atomic E-state index is 12.3. The highest BCUT2D eigenvalue weighted by Gasteiger charge is 2.40. The van der Waals surface area contributed by atoms with Gasteiger partial charge in [-0.2, -0.15) is 0 Å². The molecule has 0 radical (unpaired) electrons. The van der Waals surface area contributed by atoms with Gasteiger partial charge in [0, 0.05) is 31.9 Å². The Hall–Kier alpha value is -1.48. The summed E-state index contributed by atoms with van der Waals surface area (Å²) in [6.45, 7) is 7.01. The minimum Gasteiger partial charge on any atom is -0.390 e. The van der Waals surface area contributed by atoms with Crippen LogP contribution in [0.4, 0.5) is 5.69 Å². The number of carbonyl (C=O) groups excluding carboxylic acids is 1. The van der Waals surface area contributed by atoms with Crippen molar-refractivity contribution < 1.29 is 18.3 Å². The molecule has 0 aromatic heterocycles. The third kappa shape index (κ3) is 4.43. The molecule has 0 aliphatic carbocycles. The molecular formula is C18H27N3O4S. The fourth-order valence-corrected chi connectivity index (χ4v) is 5.52. The third-order valence-electron chi connectivity index (χ3n) is 5.42. The Labute approximate surface area is 154 Å². The van der Waals surface area contributed by atoms with Crippen LogP contribution in [0, 0.1) is 13.8 Å². The number of aryl methyl sites for hydroxylation is 1. The molecule has 2 N–H and O–H groups in total. The number of rotatable bonds is 4. The molecule has 2 aliphatic rings. The molecule has 0 saturated carbocycles. The Balaban J connectivity index is 1.49. The number of carbonyl (C=O) groups is 1. The van der Waals surface area contributed by atoms with Crippen LogP contribution < -0.4 is 5.32 Å². The zero-order chi connectivity index (χ0) is 18.9. The van der Waals surface area contributed by atoms with Gasteiger partial charge in [-0.15, -0.1) is 0 Å². The van der Waals surface area contributed by atoms with E-state index in [0.717, 1.165) is 16.8 Å². The van der Waals surface area contributed by atoms with Gasteiger partial charge in [-0.25, -0.2) is 8.42 Å². The van der Waals surface area contributed by atoms with E-state index in [1.165, 1.54) is 0 Å². The zero-order valence-corrected chi connectivity index (χ0v) is 16.1. The lowest BCUT2D eigenvalue weighted by atomic mass is 10.1. The third-order valence-corrected chi connectivity index (χ3v) is 7.11. The van der Waals surface area contributed by atoms with Crippen LogP contribution in [0.2, 0.25) is 0 Å². The second-order valence-electron chi connectivity index (χ2n) is 7.32. The number of amides is 1. The minimum atomic E-state index is -3.14. The molecule has 2 unspecified atom stereocenters. The molecule has 1 amide bonds. The maximum Gasteiger partial charge on any atom is 0.238 e. The van der Waals surface area contributed by atoms with E-state index in [2.05, 4.69) is 10.2 Å². The molecule has 8 heteroatoms. The first-order chi connectivity index (χ1) is 12.2. The Morgan fingerprint density at radius 2 is 1.88 bits per heavy atom. The standard InChI is InChI=1S/C18H27N3O4S/c1-13-4-3-5-15(14(13)2)19-18(23)10-20-6-8-21(9-7-20)16-11-26(24,25)12-17(16)22/h3-5,16-17,22H,6-12H2,1-2H3,(H,19,23). The van der Waals surface area contributed by atoms with Crippen molar-refractivity contribution in [2.75, 3.05) is 49.5 Å². The van der Waals surface area contributed by atoms with Crippen molar-refractivity contribution in [2.45, 2.75) is 26.0 Å². The van der Waals surface area contributed by atoms with Gasteiger partial charge in [-0.1, -0.05) is 12.1 Å². The SMILES string of the molecule is Cc1cccc(NC(=O)CN2CCN(C3CS(=O)(=O)CC3O)CC2)c1C. The summed E-state index contributed by atoms with van der Waals surface area (Å²) in [6, 6.07) is 5.53. The summed E-state index contributed by atoms with van der Waals surface area (Å²) in [7, 11) is -3.14. The van der Waals surface area contributed by atoms with Crippen molar-refractivity contribution in [3.8, 4) is 0 Å². The Morgan fingerprint density at radius 3 is 2.50 bits per heavy atom. The number of anilines is 1. The number of piperazine rings is 1. The lowest BCUT2D eigenvalue weighted by Crippen LogP contribution is -2.54. The topological polar surface area (TPSA) is 90.0 Å². The minimum absolute atomic E-state index is 0.0291. The van der Waals surface area contributed by atoms with Crippen molar-refractivity contribution in [3.63, 3.8) is 0 Å². The van der Waals surface area contributed by atoms with Gasteiger partial charge in [-0.3, -0.25) is 14.6 Å². The van der Waals surface area contributed by atoms with E-state index in [9.17, 15) is 18.3 Å². The van der Waals surface area contributed by atoms with Crippen LogP contribution >= 0.6 is 0 Å². The summed E-state index contributed by atoms with van der Waals surface area (Å²) in [5.41, 5.74) is 3.05. The van der Waals surface area contributed by atoms with Crippen molar-refractivity contribution >= 4 is 21.4 Å². The molecule has 3 rings (SSSR count). The predicted octanol–water partition coefficient (Wildman–Crippen LogP) is 0.0174. The number of aliphatic hydroxyl groups excluding tert-OH is 1. The molecule has 7 nitrogen and oxygen atoms in total. The van der Waals surface area contributed by atoms with Gasteiger partial charge in [0.2, 0.25) is 5.91 Å². The van der Waals surface area contributed by atoms with Gasteiger partial charge < -0.3 is 10.4 Å². The first-order valence-electron chi connectivity index (χ1n) is 8.96. The van der Waals surface area contributed by atoms with Gasteiger partial charge in [0.15, 0.2) is 9.84 Å². The molecule has 1 aromatic rings. The average Bonchev–Trinajstić information content (AvgIpc) is 2.85. The quantitative estimate of drug-likeness (QED) is 0.764. The molecule has 2 atom stereocenters. The van der Waals surface area contributed by atoms with Gasteiger partial charge in [-0.05, 0) is 31.0 Å². The van der Waals surface area contributed by atoms with Crippen molar-refractivity contribution in [1.29, 1.82) is 0 Å². The maximum atomic E-state index is 12.3. The van der Waals surface area contributed by atoms with Crippen LogP contribution in [-0.2, 0) is 14.6 Å². The molecule has 1 aromatic carbocycles. The van der Waals surface area contributed by atoms with Gasteiger partial charge in [0.05, 0.1) is 30.2 Å². The Kier molecular flexibility index (Phi) is 5.67. The average molecular weight is 381 g/mol. The molecule has 0 bridgehead atoms. The van der Waals surface area contributed by atoms with Crippen molar-refractivity contribution in [1.82, 2.24) is 9.80 Å². The molecule has 0 spiro atoms. The zero-order valence-electron chi connectivity index (χ0n) is 15.3. The summed E-state index contributed by atoms with van der Waals surface area (Å²) in [5, 5.41) is 13.0. The van der Waals surface area contributed by atoms with E-state index in [4.69, 9.17) is 0 Å². The molecular weight excluding hydrogens is 354 g/mol. The van der Waals surface area contributed by atoms with Gasteiger partial charge >= 0.3 is 0 Å². The van der Waals surface area contributed by atoms with Crippen LogP contribution in [0.3, 0.4) is 0 Å². The molecule has 2 saturated heterocycles. The lowest BCUT2D eigenvalue weighted by Gasteiger charge is -2.38. The molecule has 144 valence electrons. The number of hydrogen-bond acceptors (Lipinski definition) is 6. The number of nitrogens with zero attached hydrogens (tertiary/aromatic N) is 2. The first kappa shape index (κ1) is 19.3. The number of hydrogen-bond donors (Lipinski definition) is 2. The van der Waals surface area contributed by atoms with E-state index < -0.39 is 15.9 Å². The molecule has 2 heterocycles. The Morgan fingerprint density at radius 1 is 1.19 bits per heavy atom. The monoisotopic (exact) mass is 381 g/mol. The van der Waals surface area contributed by atoms with Crippen LogP contribution in [0.5, 0.6) is 0 Å². The van der Waals surface area contributed by atoms with Gasteiger partial charge in [0.1, 0.15) is 0 Å². The lowest BCUT2D eigenvalue weighted by molar-refractivity contribution is -0.117. The number of nitrogens with one attached hydrogen (secondary N) is 1. The Bertz CT molecular complexity index is 773.